The van der Waals surface area contributed by atoms with E-state index in [0.29, 0.717) is 0 Å². The molecule has 0 amide bonds. The van der Waals surface area contributed by atoms with Crippen LogP contribution >= 0.6 is 0 Å². The van der Waals surface area contributed by atoms with E-state index in [9.17, 15) is 0 Å². The van der Waals surface area contributed by atoms with Crippen molar-refractivity contribution >= 4 is 38.9 Å². The van der Waals surface area contributed by atoms with Gasteiger partial charge in [-0.05, 0) is 65.7 Å². The number of fused-ring (bicyclic) bond motifs is 3. The highest BCUT2D eigenvalue weighted by molar-refractivity contribution is 6.10. The fourth-order valence-corrected chi connectivity index (χ4v) is 5.32. The Balaban J connectivity index is 1.42. The third-order valence-corrected chi connectivity index (χ3v) is 7.07. The molecule has 38 heavy (non-hydrogen) atoms. The van der Waals surface area contributed by atoms with Crippen molar-refractivity contribution in [1.82, 2.24) is 9.55 Å². The van der Waals surface area contributed by atoms with Crippen molar-refractivity contribution in [1.29, 1.82) is 0 Å². The summed E-state index contributed by atoms with van der Waals surface area (Å²) in [5, 5.41) is 2.48. The van der Waals surface area contributed by atoms with E-state index in [4.69, 9.17) is 0 Å². The summed E-state index contributed by atoms with van der Waals surface area (Å²) in [7, 11) is 0. The lowest BCUT2D eigenvalue weighted by molar-refractivity contribution is 1.17. The Morgan fingerprint density at radius 1 is 0.474 bits per heavy atom. The predicted molar refractivity (Wildman–Crippen MR) is 159 cm³/mol. The van der Waals surface area contributed by atoms with E-state index in [1.807, 2.05) is 24.5 Å². The van der Waals surface area contributed by atoms with Crippen LogP contribution in [0.4, 0.5) is 17.1 Å². The number of para-hydroxylation sites is 2. The van der Waals surface area contributed by atoms with E-state index >= 15 is 0 Å². The largest absolute Gasteiger partial charge is 0.309 e. The first-order valence-electron chi connectivity index (χ1n) is 12.8. The van der Waals surface area contributed by atoms with Gasteiger partial charge in [0.25, 0.3) is 0 Å². The Bertz CT molecular complexity index is 1840. The Morgan fingerprint density at radius 3 is 1.89 bits per heavy atom. The van der Waals surface area contributed by atoms with Gasteiger partial charge in [-0.2, -0.15) is 0 Å². The summed E-state index contributed by atoms with van der Waals surface area (Å²) >= 11 is 0. The second-order valence-corrected chi connectivity index (χ2v) is 9.35. The molecule has 5 aromatic carbocycles. The van der Waals surface area contributed by atoms with Gasteiger partial charge in [0.15, 0.2) is 0 Å². The van der Waals surface area contributed by atoms with Gasteiger partial charge in [0.05, 0.1) is 22.9 Å². The minimum absolute atomic E-state index is 1.02. The molecule has 0 N–H and O–H groups in total. The molecule has 7 rings (SSSR count). The van der Waals surface area contributed by atoms with Gasteiger partial charge in [-0.15, -0.1) is 0 Å². The maximum Gasteiger partial charge on any atom is 0.0644 e. The second-order valence-electron chi connectivity index (χ2n) is 9.35. The molecule has 3 nitrogen and oxygen atoms in total. The lowest BCUT2D eigenvalue weighted by Crippen LogP contribution is -2.10. The molecule has 0 fully saturated rings. The van der Waals surface area contributed by atoms with Crippen molar-refractivity contribution in [2.45, 2.75) is 0 Å². The number of hydrogen-bond donors (Lipinski definition) is 0. The molecular formula is C35H25N3. The molecule has 0 bridgehead atoms. The molecule has 0 saturated heterocycles. The van der Waals surface area contributed by atoms with Crippen LogP contribution in [0.5, 0.6) is 0 Å². The fourth-order valence-electron chi connectivity index (χ4n) is 5.32. The normalized spacial score (nSPS) is 11.2. The topological polar surface area (TPSA) is 21.1 Å². The number of rotatable bonds is 5. The molecule has 180 valence electrons. The molecule has 0 unspecified atom stereocenters. The van der Waals surface area contributed by atoms with Gasteiger partial charge in [0.2, 0.25) is 0 Å². The number of anilines is 3. The van der Waals surface area contributed by atoms with Gasteiger partial charge >= 0.3 is 0 Å². The summed E-state index contributed by atoms with van der Waals surface area (Å²) in [6.07, 6.45) is 3.73. The Hall–Kier alpha value is -5.15. The number of hydrogen-bond acceptors (Lipinski definition) is 2. The first-order chi connectivity index (χ1) is 18.9. The average molecular weight is 488 g/mol. The quantitative estimate of drug-likeness (QED) is 0.241. The van der Waals surface area contributed by atoms with E-state index < -0.39 is 0 Å². The molecule has 0 atom stereocenters. The van der Waals surface area contributed by atoms with Crippen LogP contribution in [0.3, 0.4) is 0 Å². The lowest BCUT2D eigenvalue weighted by atomic mass is 10.0. The minimum atomic E-state index is 1.02. The van der Waals surface area contributed by atoms with Gasteiger partial charge in [-0.25, -0.2) is 0 Å². The van der Waals surface area contributed by atoms with Crippen LogP contribution in [0, 0.1) is 0 Å². The third-order valence-electron chi connectivity index (χ3n) is 7.07. The Labute approximate surface area is 221 Å². The molecule has 0 radical (unpaired) electrons. The summed E-state index contributed by atoms with van der Waals surface area (Å²) in [4.78, 5) is 6.71. The molecule has 3 heteroatoms. The van der Waals surface area contributed by atoms with Crippen LogP contribution in [0.15, 0.2) is 152 Å². The summed E-state index contributed by atoms with van der Waals surface area (Å²) in [6.45, 7) is 0. The molecule has 0 saturated carbocycles. The minimum Gasteiger partial charge on any atom is -0.309 e. The summed E-state index contributed by atoms with van der Waals surface area (Å²) < 4.78 is 2.36. The molecule has 0 spiro atoms. The van der Waals surface area contributed by atoms with E-state index in [0.717, 1.165) is 22.7 Å². The van der Waals surface area contributed by atoms with Crippen LogP contribution in [0.1, 0.15) is 0 Å². The number of aromatic nitrogens is 2. The average Bonchev–Trinajstić information content (AvgIpc) is 3.33. The first-order valence-corrected chi connectivity index (χ1v) is 12.8. The number of pyridine rings is 1. The first kappa shape index (κ1) is 22.1. The van der Waals surface area contributed by atoms with Crippen molar-refractivity contribution < 1.29 is 0 Å². The van der Waals surface area contributed by atoms with Crippen molar-refractivity contribution in [3.05, 3.63) is 152 Å². The second kappa shape index (κ2) is 9.38. The zero-order valence-corrected chi connectivity index (χ0v) is 20.8. The van der Waals surface area contributed by atoms with Crippen LogP contribution < -0.4 is 4.90 Å². The van der Waals surface area contributed by atoms with Gasteiger partial charge in [-0.3, -0.25) is 4.98 Å². The lowest BCUT2D eigenvalue weighted by Gasteiger charge is -2.25. The molecule has 2 heterocycles. The van der Waals surface area contributed by atoms with Gasteiger partial charge in [0, 0.05) is 34.0 Å². The zero-order chi connectivity index (χ0) is 25.3. The maximum absolute atomic E-state index is 4.44. The molecular weight excluding hydrogens is 462 g/mol. The summed E-state index contributed by atoms with van der Waals surface area (Å²) in [5.41, 5.74) is 9.10. The highest BCUT2D eigenvalue weighted by atomic mass is 15.1. The summed E-state index contributed by atoms with van der Waals surface area (Å²) in [5.74, 6) is 0. The molecule has 0 aliphatic carbocycles. The molecule has 2 aromatic heterocycles. The SMILES string of the molecule is c1ccc(-c2ccc(N(c3cccnc3)c3ccc4c5ccccc5n(-c5ccccc5)c4c3)cc2)cc1. The van der Waals surface area contributed by atoms with E-state index in [1.54, 1.807) is 0 Å². The monoisotopic (exact) mass is 487 g/mol. The van der Waals surface area contributed by atoms with E-state index in [-0.39, 0.29) is 0 Å². The van der Waals surface area contributed by atoms with E-state index in [2.05, 4.69) is 142 Å². The Kier molecular flexibility index (Phi) is 5.45. The standard InChI is InChI=1S/C35H25N3/c1-3-10-26(11-4-1)27-17-19-29(20-18-27)37(31-14-9-23-36-25-31)30-21-22-33-32-15-7-8-16-34(32)38(35(33)24-30)28-12-5-2-6-13-28/h1-25H. The van der Waals surface area contributed by atoms with Crippen molar-refractivity contribution in [3.63, 3.8) is 0 Å². The molecule has 0 aliphatic rings. The van der Waals surface area contributed by atoms with Gasteiger partial charge in [0.1, 0.15) is 0 Å². The molecule has 7 aromatic rings. The number of benzene rings is 5. The van der Waals surface area contributed by atoms with Crippen molar-refractivity contribution in [2.75, 3.05) is 4.90 Å². The smallest absolute Gasteiger partial charge is 0.0644 e. The van der Waals surface area contributed by atoms with Crippen LogP contribution in [-0.2, 0) is 0 Å². The van der Waals surface area contributed by atoms with Crippen molar-refractivity contribution in [3.8, 4) is 16.8 Å². The zero-order valence-electron chi connectivity index (χ0n) is 20.8. The number of nitrogens with zero attached hydrogens (tertiary/aromatic N) is 3. The van der Waals surface area contributed by atoms with Crippen LogP contribution in [0.2, 0.25) is 0 Å². The van der Waals surface area contributed by atoms with E-state index in [1.165, 1.54) is 32.9 Å². The highest BCUT2D eigenvalue weighted by Gasteiger charge is 2.17. The van der Waals surface area contributed by atoms with Crippen LogP contribution in [0.25, 0.3) is 38.6 Å². The summed E-state index contributed by atoms with van der Waals surface area (Å²) in [6, 6.07) is 49.3. The van der Waals surface area contributed by atoms with Crippen LogP contribution in [-0.4, -0.2) is 9.55 Å². The fraction of sp³-hybridized carbons (Fsp3) is 0. The maximum atomic E-state index is 4.44. The highest BCUT2D eigenvalue weighted by Crippen LogP contribution is 2.39. The Morgan fingerprint density at radius 2 is 1.13 bits per heavy atom. The predicted octanol–water partition coefficient (Wildman–Crippen LogP) is 9.32. The molecule has 0 aliphatic heterocycles. The van der Waals surface area contributed by atoms with Crippen molar-refractivity contribution in [2.24, 2.45) is 0 Å². The third kappa shape index (κ3) is 3.82. The van der Waals surface area contributed by atoms with Gasteiger partial charge < -0.3 is 9.47 Å². The van der Waals surface area contributed by atoms with Gasteiger partial charge in [-0.1, -0.05) is 84.9 Å².